The lowest BCUT2D eigenvalue weighted by Crippen LogP contribution is -2.11. The zero-order chi connectivity index (χ0) is 20.4. The number of rotatable bonds is 5. The van der Waals surface area contributed by atoms with Crippen molar-refractivity contribution in [1.29, 1.82) is 0 Å². The molecule has 0 aliphatic carbocycles. The Morgan fingerprint density at radius 1 is 1.24 bits per heavy atom. The van der Waals surface area contributed by atoms with E-state index in [1.807, 2.05) is 19.2 Å². The number of hydrogen-bond acceptors (Lipinski definition) is 4. The summed E-state index contributed by atoms with van der Waals surface area (Å²) in [7, 11) is 0. The monoisotopic (exact) mass is 410 g/mol. The van der Waals surface area contributed by atoms with Crippen LogP contribution < -0.4 is 5.32 Å². The molecular formula is C21H16ClFN4O2. The predicted molar refractivity (Wildman–Crippen MR) is 107 cm³/mol. The molecule has 0 unspecified atom stereocenters. The molecule has 8 heteroatoms. The van der Waals surface area contributed by atoms with Crippen molar-refractivity contribution in [2.45, 2.75) is 13.5 Å². The van der Waals surface area contributed by atoms with Crippen LogP contribution in [0.25, 0.3) is 11.5 Å². The average molecular weight is 411 g/mol. The first kappa shape index (κ1) is 18.9. The number of oxazole rings is 1. The van der Waals surface area contributed by atoms with Gasteiger partial charge in [-0.15, -0.1) is 0 Å². The van der Waals surface area contributed by atoms with Gasteiger partial charge < -0.3 is 9.73 Å². The van der Waals surface area contributed by atoms with Crippen molar-refractivity contribution in [2.24, 2.45) is 0 Å². The maximum Gasteiger partial charge on any atom is 0.255 e. The Kier molecular flexibility index (Phi) is 5.14. The van der Waals surface area contributed by atoms with Gasteiger partial charge in [0.1, 0.15) is 17.3 Å². The van der Waals surface area contributed by atoms with E-state index in [1.165, 1.54) is 12.1 Å². The second-order valence-corrected chi connectivity index (χ2v) is 6.79. The van der Waals surface area contributed by atoms with Crippen molar-refractivity contribution in [3.05, 3.63) is 88.8 Å². The van der Waals surface area contributed by atoms with Gasteiger partial charge in [-0.25, -0.2) is 9.37 Å². The van der Waals surface area contributed by atoms with Crippen LogP contribution in [-0.2, 0) is 6.54 Å². The smallest absolute Gasteiger partial charge is 0.255 e. The number of hydrogen-bond donors (Lipinski definition) is 1. The number of nitrogens with one attached hydrogen (secondary N) is 1. The molecule has 0 bridgehead atoms. The van der Waals surface area contributed by atoms with Crippen LogP contribution in [0.3, 0.4) is 0 Å². The van der Waals surface area contributed by atoms with Gasteiger partial charge in [-0.3, -0.25) is 9.48 Å². The summed E-state index contributed by atoms with van der Waals surface area (Å²) in [5.41, 5.74) is 2.43. The summed E-state index contributed by atoms with van der Waals surface area (Å²) < 4.78 is 20.8. The Morgan fingerprint density at radius 3 is 2.72 bits per heavy atom. The fourth-order valence-electron chi connectivity index (χ4n) is 2.78. The molecule has 0 saturated carbocycles. The number of halogens is 2. The summed E-state index contributed by atoms with van der Waals surface area (Å²) >= 11 is 5.73. The Morgan fingerprint density at radius 2 is 2.03 bits per heavy atom. The van der Waals surface area contributed by atoms with Gasteiger partial charge in [0, 0.05) is 29.2 Å². The first-order valence-electron chi connectivity index (χ1n) is 8.80. The van der Waals surface area contributed by atoms with E-state index < -0.39 is 5.82 Å². The highest BCUT2D eigenvalue weighted by molar-refractivity contribution is 6.31. The number of anilines is 1. The Labute approximate surface area is 170 Å². The SMILES string of the molecule is Cc1oc(-c2ccc(NC(=O)c3ccc(F)c(Cl)c3)cc2)nc1Cn1cccn1. The number of aryl methyl sites for hydroxylation is 1. The van der Waals surface area contributed by atoms with Crippen molar-refractivity contribution in [1.82, 2.24) is 14.8 Å². The van der Waals surface area contributed by atoms with E-state index in [2.05, 4.69) is 15.4 Å². The van der Waals surface area contributed by atoms with Gasteiger partial charge >= 0.3 is 0 Å². The van der Waals surface area contributed by atoms with Crippen LogP contribution in [0.1, 0.15) is 21.8 Å². The molecule has 0 atom stereocenters. The topological polar surface area (TPSA) is 73.0 Å². The molecule has 29 heavy (non-hydrogen) atoms. The second kappa shape index (κ2) is 7.89. The molecule has 1 amide bonds. The molecule has 146 valence electrons. The number of amides is 1. The number of carbonyl (C=O) groups is 1. The summed E-state index contributed by atoms with van der Waals surface area (Å²) in [4.78, 5) is 16.8. The number of carbonyl (C=O) groups excluding carboxylic acids is 1. The minimum Gasteiger partial charge on any atom is -0.441 e. The van der Waals surface area contributed by atoms with Crippen LogP contribution in [0, 0.1) is 12.7 Å². The van der Waals surface area contributed by atoms with Gasteiger partial charge in [0.15, 0.2) is 0 Å². The Hall–Kier alpha value is -3.45. The van der Waals surface area contributed by atoms with E-state index in [4.69, 9.17) is 16.0 Å². The molecule has 1 N–H and O–H groups in total. The summed E-state index contributed by atoms with van der Waals surface area (Å²) in [5, 5.41) is 6.82. The molecule has 2 aromatic carbocycles. The maximum atomic E-state index is 13.2. The Bertz CT molecular complexity index is 1150. The highest BCUT2D eigenvalue weighted by Gasteiger charge is 2.13. The van der Waals surface area contributed by atoms with E-state index in [9.17, 15) is 9.18 Å². The summed E-state index contributed by atoms with van der Waals surface area (Å²) in [6, 6.07) is 12.8. The molecule has 4 aromatic rings. The zero-order valence-corrected chi connectivity index (χ0v) is 16.2. The van der Waals surface area contributed by atoms with Gasteiger partial charge in [-0.05, 0) is 55.5 Å². The highest BCUT2D eigenvalue weighted by Crippen LogP contribution is 2.24. The van der Waals surface area contributed by atoms with Crippen LogP contribution in [-0.4, -0.2) is 20.7 Å². The van der Waals surface area contributed by atoms with Gasteiger partial charge in [-0.1, -0.05) is 11.6 Å². The molecule has 0 spiro atoms. The third-order valence-corrected chi connectivity index (χ3v) is 4.62. The lowest BCUT2D eigenvalue weighted by atomic mass is 10.1. The summed E-state index contributed by atoms with van der Waals surface area (Å²) in [6.07, 6.45) is 3.57. The largest absolute Gasteiger partial charge is 0.441 e. The lowest BCUT2D eigenvalue weighted by Gasteiger charge is -2.06. The van der Waals surface area contributed by atoms with Crippen molar-refractivity contribution >= 4 is 23.2 Å². The molecule has 4 rings (SSSR count). The molecule has 2 aromatic heterocycles. The van der Waals surface area contributed by atoms with Gasteiger partial charge in [-0.2, -0.15) is 5.10 Å². The fraction of sp³-hybridized carbons (Fsp3) is 0.0952. The molecule has 0 fully saturated rings. The van der Waals surface area contributed by atoms with Gasteiger partial charge in [0.2, 0.25) is 5.89 Å². The molecule has 0 radical (unpaired) electrons. The van der Waals surface area contributed by atoms with Crippen molar-refractivity contribution in [2.75, 3.05) is 5.32 Å². The second-order valence-electron chi connectivity index (χ2n) is 6.39. The summed E-state index contributed by atoms with van der Waals surface area (Å²) in [5.74, 6) is 0.266. The van der Waals surface area contributed by atoms with E-state index in [1.54, 1.807) is 35.1 Å². The van der Waals surface area contributed by atoms with Crippen LogP contribution in [0.4, 0.5) is 10.1 Å². The molecule has 0 aliphatic heterocycles. The minimum absolute atomic E-state index is 0.0989. The third-order valence-electron chi connectivity index (χ3n) is 4.34. The Balaban J connectivity index is 1.48. The van der Waals surface area contributed by atoms with Crippen LogP contribution in [0.5, 0.6) is 0 Å². The molecule has 2 heterocycles. The minimum atomic E-state index is -0.569. The lowest BCUT2D eigenvalue weighted by molar-refractivity contribution is 0.102. The molecule has 6 nitrogen and oxygen atoms in total. The van der Waals surface area contributed by atoms with Gasteiger partial charge in [0.25, 0.3) is 5.91 Å². The van der Waals surface area contributed by atoms with Crippen molar-refractivity contribution in [3.8, 4) is 11.5 Å². The van der Waals surface area contributed by atoms with Crippen LogP contribution >= 0.6 is 11.6 Å². The average Bonchev–Trinajstić information content (AvgIpc) is 3.35. The maximum absolute atomic E-state index is 13.2. The van der Waals surface area contributed by atoms with E-state index in [0.717, 1.165) is 23.1 Å². The van der Waals surface area contributed by atoms with Crippen LogP contribution in [0.2, 0.25) is 5.02 Å². The molecule has 0 aliphatic rings. The number of nitrogens with zero attached hydrogens (tertiary/aromatic N) is 3. The first-order chi connectivity index (χ1) is 14.0. The molecule has 0 saturated heterocycles. The van der Waals surface area contributed by atoms with Gasteiger partial charge in [0.05, 0.1) is 11.6 Å². The third kappa shape index (κ3) is 4.20. The van der Waals surface area contributed by atoms with Crippen molar-refractivity contribution in [3.63, 3.8) is 0 Å². The van der Waals surface area contributed by atoms with E-state index in [0.29, 0.717) is 18.1 Å². The van der Waals surface area contributed by atoms with Crippen molar-refractivity contribution < 1.29 is 13.6 Å². The zero-order valence-electron chi connectivity index (χ0n) is 15.4. The normalized spacial score (nSPS) is 10.9. The quantitative estimate of drug-likeness (QED) is 0.505. The number of aromatic nitrogens is 3. The number of benzene rings is 2. The van der Waals surface area contributed by atoms with Crippen LogP contribution in [0.15, 0.2) is 65.3 Å². The predicted octanol–water partition coefficient (Wildman–Crippen LogP) is 4.94. The highest BCUT2D eigenvalue weighted by atomic mass is 35.5. The van der Waals surface area contributed by atoms with E-state index in [-0.39, 0.29) is 16.5 Å². The van der Waals surface area contributed by atoms with E-state index >= 15 is 0 Å². The standard InChI is InChI=1S/C21H16ClFN4O2/c1-13-19(12-27-10-2-9-24-27)26-21(29-13)14-3-6-16(7-4-14)25-20(28)15-5-8-18(23)17(22)11-15/h2-11H,12H2,1H3,(H,25,28). The molecular weight excluding hydrogens is 395 g/mol. The summed E-state index contributed by atoms with van der Waals surface area (Å²) in [6.45, 7) is 2.38. The first-order valence-corrected chi connectivity index (χ1v) is 9.18. The fourth-order valence-corrected chi connectivity index (χ4v) is 2.96.